The van der Waals surface area contributed by atoms with Gasteiger partial charge in [0.15, 0.2) is 5.75 Å². The van der Waals surface area contributed by atoms with Crippen LogP contribution in [0.25, 0.3) is 0 Å². The molecule has 0 aromatic heterocycles. The van der Waals surface area contributed by atoms with Crippen LogP contribution in [0.3, 0.4) is 0 Å². The smallest absolute Gasteiger partial charge is 0.155 e. The zero-order valence-corrected chi connectivity index (χ0v) is 13.2. The van der Waals surface area contributed by atoms with Crippen molar-refractivity contribution < 1.29 is 9.57 Å². The van der Waals surface area contributed by atoms with Gasteiger partial charge >= 0.3 is 0 Å². The molecule has 1 N–H and O–H groups in total. The van der Waals surface area contributed by atoms with Gasteiger partial charge in [-0.3, -0.25) is 0 Å². The zero-order chi connectivity index (χ0) is 15.9. The highest BCUT2D eigenvalue weighted by Gasteiger charge is 1.99. The summed E-state index contributed by atoms with van der Waals surface area (Å²) in [6.07, 6.45) is 0. The maximum atomic E-state index is 5.92. The molecule has 0 saturated carbocycles. The van der Waals surface area contributed by atoms with Gasteiger partial charge in [-0.05, 0) is 48.0 Å². The zero-order valence-electron chi connectivity index (χ0n) is 12.4. The molecule has 0 aliphatic rings. The lowest BCUT2D eigenvalue weighted by molar-refractivity contribution is 0.305. The average molecular weight is 326 g/mol. The highest BCUT2D eigenvalue weighted by Crippen LogP contribution is 2.20. The van der Waals surface area contributed by atoms with Crippen LogP contribution in [0.1, 0.15) is 5.56 Å². The van der Waals surface area contributed by atoms with Crippen LogP contribution in [-0.4, -0.2) is 0 Å². The fourth-order valence-corrected chi connectivity index (χ4v) is 2.20. The molecule has 0 fully saturated rings. The van der Waals surface area contributed by atoms with Crippen LogP contribution in [0.5, 0.6) is 11.5 Å². The van der Waals surface area contributed by atoms with Crippen LogP contribution in [-0.2, 0) is 6.61 Å². The first-order valence-corrected chi connectivity index (χ1v) is 7.62. The summed E-state index contributed by atoms with van der Waals surface area (Å²) in [6.45, 7) is 0.543. The maximum absolute atomic E-state index is 5.92. The molecule has 0 unspecified atom stereocenters. The number of nitrogens with one attached hydrogen (secondary N) is 1. The first-order chi connectivity index (χ1) is 11.3. The van der Waals surface area contributed by atoms with E-state index in [2.05, 4.69) is 5.48 Å². The number of anilines is 1. The highest BCUT2D eigenvalue weighted by atomic mass is 35.5. The molecule has 0 radical (unpaired) electrons. The fraction of sp³-hybridized carbons (Fsp3) is 0.0526. The fourth-order valence-electron chi connectivity index (χ4n) is 2.01. The topological polar surface area (TPSA) is 30.5 Å². The second-order valence-corrected chi connectivity index (χ2v) is 5.40. The van der Waals surface area contributed by atoms with E-state index in [1.807, 2.05) is 72.8 Å². The Morgan fingerprint density at radius 2 is 1.52 bits per heavy atom. The third-order valence-corrected chi connectivity index (χ3v) is 3.42. The summed E-state index contributed by atoms with van der Waals surface area (Å²) in [4.78, 5) is 5.50. The molecule has 0 amide bonds. The first kappa shape index (κ1) is 15.3. The van der Waals surface area contributed by atoms with Crippen LogP contribution in [0.4, 0.5) is 5.69 Å². The van der Waals surface area contributed by atoms with Crippen molar-refractivity contribution in [3.8, 4) is 11.5 Å². The van der Waals surface area contributed by atoms with Crippen LogP contribution in [0.15, 0.2) is 78.9 Å². The monoisotopic (exact) mass is 325 g/mol. The Labute approximate surface area is 140 Å². The van der Waals surface area contributed by atoms with Gasteiger partial charge in [0.1, 0.15) is 12.4 Å². The third kappa shape index (κ3) is 4.66. The van der Waals surface area contributed by atoms with Crippen molar-refractivity contribution in [1.82, 2.24) is 0 Å². The molecule has 0 heterocycles. The summed E-state index contributed by atoms with van der Waals surface area (Å²) in [6, 6.07) is 24.8. The van der Waals surface area contributed by atoms with Gasteiger partial charge in [0.2, 0.25) is 0 Å². The quantitative estimate of drug-likeness (QED) is 0.622. The molecule has 116 valence electrons. The number of hydrogen-bond acceptors (Lipinski definition) is 3. The Morgan fingerprint density at radius 3 is 2.26 bits per heavy atom. The maximum Gasteiger partial charge on any atom is 0.155 e. The van der Waals surface area contributed by atoms with Crippen LogP contribution in [0, 0.1) is 0 Å². The van der Waals surface area contributed by atoms with Crippen molar-refractivity contribution in [3.63, 3.8) is 0 Å². The van der Waals surface area contributed by atoms with E-state index in [1.54, 1.807) is 6.07 Å². The molecule has 0 saturated heterocycles. The van der Waals surface area contributed by atoms with Gasteiger partial charge in [0, 0.05) is 5.02 Å². The minimum absolute atomic E-state index is 0.543. The summed E-state index contributed by atoms with van der Waals surface area (Å²) in [5.41, 5.74) is 4.78. The molecule has 3 aromatic carbocycles. The number of benzene rings is 3. The van der Waals surface area contributed by atoms with Crippen molar-refractivity contribution in [3.05, 3.63) is 89.4 Å². The van der Waals surface area contributed by atoms with E-state index >= 15 is 0 Å². The van der Waals surface area contributed by atoms with E-state index in [1.165, 1.54) is 0 Å². The van der Waals surface area contributed by atoms with E-state index in [9.17, 15) is 0 Å². The average Bonchev–Trinajstić information content (AvgIpc) is 2.60. The summed E-state index contributed by atoms with van der Waals surface area (Å²) in [5.74, 6) is 1.49. The van der Waals surface area contributed by atoms with Crippen molar-refractivity contribution in [1.29, 1.82) is 0 Å². The van der Waals surface area contributed by atoms with Gasteiger partial charge in [-0.15, -0.1) is 0 Å². The minimum Gasteiger partial charge on any atom is -0.489 e. The van der Waals surface area contributed by atoms with Crippen molar-refractivity contribution >= 4 is 17.3 Å². The van der Waals surface area contributed by atoms with Crippen molar-refractivity contribution in [2.75, 3.05) is 5.48 Å². The Bertz CT molecular complexity index is 745. The molecule has 3 nitrogen and oxygen atoms in total. The van der Waals surface area contributed by atoms with Gasteiger partial charge in [-0.2, -0.15) is 0 Å². The number of hydrogen-bond donors (Lipinski definition) is 1. The van der Waals surface area contributed by atoms with E-state index < -0.39 is 0 Å². The lowest BCUT2D eigenvalue weighted by Gasteiger charge is -2.10. The summed E-state index contributed by atoms with van der Waals surface area (Å²) < 4.78 is 5.73. The molecule has 0 aliphatic heterocycles. The lowest BCUT2D eigenvalue weighted by Crippen LogP contribution is -2.04. The second kappa shape index (κ2) is 7.56. The van der Waals surface area contributed by atoms with Gasteiger partial charge in [0.25, 0.3) is 0 Å². The number of ether oxygens (including phenoxy) is 1. The third-order valence-electron chi connectivity index (χ3n) is 3.18. The summed E-state index contributed by atoms with van der Waals surface area (Å²) in [7, 11) is 0. The Morgan fingerprint density at radius 1 is 0.783 bits per heavy atom. The minimum atomic E-state index is 0.543. The molecule has 0 atom stereocenters. The predicted molar refractivity (Wildman–Crippen MR) is 92.9 cm³/mol. The van der Waals surface area contributed by atoms with Gasteiger partial charge < -0.3 is 9.57 Å². The van der Waals surface area contributed by atoms with Crippen molar-refractivity contribution in [2.45, 2.75) is 6.61 Å². The van der Waals surface area contributed by atoms with E-state index in [0.29, 0.717) is 17.4 Å². The molecule has 4 heteroatoms. The largest absolute Gasteiger partial charge is 0.489 e. The summed E-state index contributed by atoms with van der Waals surface area (Å²) in [5, 5.41) is 0.656. The van der Waals surface area contributed by atoms with Gasteiger partial charge in [-0.25, -0.2) is 5.48 Å². The van der Waals surface area contributed by atoms with E-state index in [4.69, 9.17) is 21.2 Å². The van der Waals surface area contributed by atoms with Crippen LogP contribution >= 0.6 is 11.6 Å². The molecule has 23 heavy (non-hydrogen) atoms. The first-order valence-electron chi connectivity index (χ1n) is 7.25. The molecule has 3 aromatic rings. The molecule has 0 bridgehead atoms. The van der Waals surface area contributed by atoms with Crippen LogP contribution in [0.2, 0.25) is 5.02 Å². The van der Waals surface area contributed by atoms with Crippen molar-refractivity contribution in [2.24, 2.45) is 0 Å². The predicted octanol–water partition coefficient (Wildman–Crippen LogP) is 5.32. The van der Waals surface area contributed by atoms with E-state index in [-0.39, 0.29) is 0 Å². The lowest BCUT2D eigenvalue weighted by atomic mass is 10.2. The number of rotatable bonds is 6. The SMILES string of the molecule is Clc1cccc(NOc2ccc(OCc3ccccc3)cc2)c1. The van der Waals surface area contributed by atoms with Crippen LogP contribution < -0.4 is 15.1 Å². The molecular formula is C19H16ClNO2. The van der Waals surface area contributed by atoms with Gasteiger partial charge in [0.05, 0.1) is 5.69 Å². The summed E-state index contributed by atoms with van der Waals surface area (Å²) >= 11 is 5.92. The molecule has 3 rings (SSSR count). The number of halogens is 1. The Balaban J connectivity index is 1.52. The molecule has 0 spiro atoms. The second-order valence-electron chi connectivity index (χ2n) is 4.96. The molecule has 0 aliphatic carbocycles. The highest BCUT2D eigenvalue weighted by molar-refractivity contribution is 6.30. The Hall–Kier alpha value is -2.65. The standard InChI is InChI=1S/C19H16ClNO2/c20-16-7-4-8-17(13-16)21-23-19-11-9-18(10-12-19)22-14-15-5-2-1-3-6-15/h1-13,21H,14H2. The Kier molecular flexibility index (Phi) is 5.02. The van der Waals surface area contributed by atoms with Gasteiger partial charge in [-0.1, -0.05) is 48.0 Å². The molecular weight excluding hydrogens is 310 g/mol. The normalized spacial score (nSPS) is 10.1. The van der Waals surface area contributed by atoms with E-state index in [0.717, 1.165) is 17.0 Å².